The van der Waals surface area contributed by atoms with E-state index in [1.54, 1.807) is 12.1 Å². The van der Waals surface area contributed by atoms with Gasteiger partial charge in [0.25, 0.3) is 5.56 Å². The molecule has 0 spiro atoms. The zero-order valence-corrected chi connectivity index (χ0v) is 13.6. The van der Waals surface area contributed by atoms with Gasteiger partial charge in [-0.15, -0.1) is 0 Å². The molecule has 0 aliphatic heterocycles. The third-order valence-corrected chi connectivity index (χ3v) is 4.13. The molecule has 0 fully saturated rings. The Balaban J connectivity index is 2.59. The number of H-pyrrole nitrogens is 2. The van der Waals surface area contributed by atoms with Crippen LogP contribution in [0.25, 0.3) is 22.3 Å². The Labute approximate surface area is 138 Å². The summed E-state index contributed by atoms with van der Waals surface area (Å²) < 4.78 is 2.15. The number of nitrogens with zero attached hydrogens (tertiary/aromatic N) is 2. The Morgan fingerprint density at radius 1 is 1.09 bits per heavy atom. The molecule has 0 unspecified atom stereocenters. The fourth-order valence-corrected chi connectivity index (χ4v) is 2.93. The minimum Gasteiger partial charge on any atom is -0.268 e. The number of aryl methyl sites for hydroxylation is 1. The summed E-state index contributed by atoms with van der Waals surface area (Å²) in [6, 6.07) is 4.70. The monoisotopic (exact) mass is 353 g/mol. The molecule has 0 aliphatic carbocycles. The molecule has 2 N–H and O–H groups in total. The lowest BCUT2D eigenvalue weighted by atomic mass is 10.1. The van der Waals surface area contributed by atoms with Crippen LogP contribution < -0.4 is 21.9 Å². The second-order valence-corrected chi connectivity index (χ2v) is 5.85. The van der Waals surface area contributed by atoms with E-state index in [1.165, 1.54) is 24.7 Å². The number of nitrogens with one attached hydrogen (secondary N) is 2. The van der Waals surface area contributed by atoms with E-state index in [1.807, 2.05) is 0 Å². The van der Waals surface area contributed by atoms with E-state index >= 15 is 0 Å². The van der Waals surface area contributed by atoms with Gasteiger partial charge in [-0.05, 0) is 18.2 Å². The molecule has 23 heavy (non-hydrogen) atoms. The summed E-state index contributed by atoms with van der Waals surface area (Å²) in [5, 5.41) is 0.850. The molecular weight excluding hydrogens is 343 g/mol. The zero-order chi connectivity index (χ0) is 16.9. The van der Waals surface area contributed by atoms with Gasteiger partial charge in [0.05, 0.1) is 12.1 Å². The molecule has 0 radical (unpaired) electrons. The van der Waals surface area contributed by atoms with E-state index in [0.29, 0.717) is 10.6 Å². The van der Waals surface area contributed by atoms with Gasteiger partial charge in [-0.3, -0.25) is 4.79 Å². The topological polar surface area (TPSA) is 91.0 Å². The summed E-state index contributed by atoms with van der Waals surface area (Å²) in [6.45, 7) is 0. The molecule has 3 rings (SSSR count). The van der Waals surface area contributed by atoms with E-state index in [9.17, 15) is 14.4 Å². The predicted molar refractivity (Wildman–Crippen MR) is 87.1 cm³/mol. The normalized spacial score (nSPS) is 11.1. The van der Waals surface area contributed by atoms with Crippen LogP contribution in [0.3, 0.4) is 0 Å². The molecular formula is C14H11Cl2N4O3+. The Bertz CT molecular complexity index is 1130. The molecule has 2 aromatic heterocycles. The maximum Gasteiger partial charge on any atom is 0.439 e. The highest BCUT2D eigenvalue weighted by Gasteiger charge is 2.22. The van der Waals surface area contributed by atoms with Crippen LogP contribution in [0.5, 0.6) is 0 Å². The quantitative estimate of drug-likeness (QED) is 0.698. The second-order valence-electron chi connectivity index (χ2n) is 5.01. The molecule has 1 aromatic carbocycles. The molecule has 0 saturated carbocycles. The first-order chi connectivity index (χ1) is 10.8. The van der Waals surface area contributed by atoms with Gasteiger partial charge in [-0.2, -0.15) is 0 Å². The van der Waals surface area contributed by atoms with Crippen molar-refractivity contribution < 1.29 is 4.98 Å². The van der Waals surface area contributed by atoms with Crippen molar-refractivity contribution in [2.24, 2.45) is 14.1 Å². The molecule has 118 valence electrons. The van der Waals surface area contributed by atoms with E-state index in [2.05, 4.69) is 9.97 Å². The summed E-state index contributed by atoms with van der Waals surface area (Å²) in [5.41, 5.74) is -0.886. The highest BCUT2D eigenvalue weighted by Crippen LogP contribution is 2.30. The zero-order valence-electron chi connectivity index (χ0n) is 12.1. The Morgan fingerprint density at radius 3 is 2.43 bits per heavy atom. The largest absolute Gasteiger partial charge is 0.439 e. The predicted octanol–water partition coefficient (Wildman–Crippen LogP) is 0.713. The SMILES string of the molecule is Cn1c(=O)c2c(-c3ccc(Cl)cc3Cl)[nH]c(=O)[nH+]c2n(C)c1=O. The molecule has 2 heterocycles. The van der Waals surface area contributed by atoms with Crippen LogP contribution in [-0.2, 0) is 14.1 Å². The lowest BCUT2D eigenvalue weighted by Gasteiger charge is -2.07. The minimum absolute atomic E-state index is 0.114. The number of hydrogen-bond acceptors (Lipinski definition) is 3. The Hall–Kier alpha value is -2.38. The number of rotatable bonds is 1. The third kappa shape index (κ3) is 2.38. The molecule has 0 saturated heterocycles. The second kappa shape index (κ2) is 5.36. The van der Waals surface area contributed by atoms with Crippen molar-refractivity contribution in [3.05, 3.63) is 59.6 Å². The van der Waals surface area contributed by atoms with Crippen molar-refractivity contribution in [3.63, 3.8) is 0 Å². The van der Waals surface area contributed by atoms with Crippen molar-refractivity contribution in [1.29, 1.82) is 0 Å². The van der Waals surface area contributed by atoms with Crippen molar-refractivity contribution in [3.8, 4) is 11.3 Å². The molecule has 0 amide bonds. The first-order valence-corrected chi connectivity index (χ1v) is 7.27. The lowest BCUT2D eigenvalue weighted by molar-refractivity contribution is -0.374. The number of aromatic amines is 2. The number of benzene rings is 1. The molecule has 7 nitrogen and oxygen atoms in total. The Kier molecular flexibility index (Phi) is 3.62. The molecule has 0 atom stereocenters. The van der Waals surface area contributed by atoms with E-state index in [-0.39, 0.29) is 21.7 Å². The summed E-state index contributed by atoms with van der Waals surface area (Å²) in [7, 11) is 2.83. The smallest absolute Gasteiger partial charge is 0.268 e. The van der Waals surface area contributed by atoms with Gasteiger partial charge in [0.1, 0.15) is 5.69 Å². The van der Waals surface area contributed by atoms with Gasteiger partial charge in [0.2, 0.25) is 5.65 Å². The van der Waals surface area contributed by atoms with Gasteiger partial charge in [0.15, 0.2) is 5.39 Å². The van der Waals surface area contributed by atoms with Gasteiger partial charge in [-0.25, -0.2) is 28.7 Å². The van der Waals surface area contributed by atoms with Gasteiger partial charge in [-0.1, -0.05) is 23.2 Å². The van der Waals surface area contributed by atoms with Crippen LogP contribution in [0.15, 0.2) is 32.6 Å². The number of halogens is 2. The van der Waals surface area contributed by atoms with Crippen molar-refractivity contribution in [2.45, 2.75) is 0 Å². The highest BCUT2D eigenvalue weighted by molar-refractivity contribution is 6.36. The number of fused-ring (bicyclic) bond motifs is 1. The summed E-state index contributed by atoms with van der Waals surface area (Å²) >= 11 is 12.1. The van der Waals surface area contributed by atoms with Gasteiger partial charge in [0, 0.05) is 17.6 Å². The van der Waals surface area contributed by atoms with Crippen LogP contribution in [0.1, 0.15) is 0 Å². The minimum atomic E-state index is -0.568. The number of hydrogen-bond donors (Lipinski definition) is 1. The Morgan fingerprint density at radius 2 is 1.78 bits per heavy atom. The van der Waals surface area contributed by atoms with E-state index in [0.717, 1.165) is 4.57 Å². The highest BCUT2D eigenvalue weighted by atomic mass is 35.5. The third-order valence-electron chi connectivity index (χ3n) is 3.59. The summed E-state index contributed by atoms with van der Waals surface area (Å²) in [5.74, 6) is 0. The fourth-order valence-electron chi connectivity index (χ4n) is 2.42. The van der Waals surface area contributed by atoms with Gasteiger partial charge >= 0.3 is 11.4 Å². The van der Waals surface area contributed by atoms with Crippen molar-refractivity contribution >= 4 is 34.2 Å². The summed E-state index contributed by atoms with van der Waals surface area (Å²) in [4.78, 5) is 41.5. The van der Waals surface area contributed by atoms with Crippen LogP contribution in [-0.4, -0.2) is 14.1 Å². The average molecular weight is 354 g/mol. The first kappa shape index (κ1) is 15.5. The fraction of sp³-hybridized carbons (Fsp3) is 0.143. The standard InChI is InChI=1S/C14H10Cl2N4O3/c1-19-11-9(12(21)20(2)14(19)23)10(17-13(22)18-11)7-4-3-6(15)5-8(7)16/h3-5H,1-2H3,(H,17,18,22)/p+1. The van der Waals surface area contributed by atoms with Crippen molar-refractivity contribution in [2.75, 3.05) is 0 Å². The van der Waals surface area contributed by atoms with E-state index in [4.69, 9.17) is 23.2 Å². The molecule has 0 aliphatic rings. The lowest BCUT2D eigenvalue weighted by Crippen LogP contribution is -2.43. The summed E-state index contributed by atoms with van der Waals surface area (Å²) in [6.07, 6.45) is 0. The molecule has 9 heteroatoms. The number of aromatic nitrogens is 4. The maximum atomic E-state index is 12.5. The van der Waals surface area contributed by atoms with Crippen LogP contribution in [0, 0.1) is 0 Å². The van der Waals surface area contributed by atoms with Gasteiger partial charge < -0.3 is 0 Å². The van der Waals surface area contributed by atoms with Crippen LogP contribution in [0.2, 0.25) is 10.0 Å². The average Bonchev–Trinajstić information content (AvgIpc) is 2.50. The van der Waals surface area contributed by atoms with Crippen molar-refractivity contribution in [1.82, 2.24) is 14.1 Å². The van der Waals surface area contributed by atoms with Crippen LogP contribution >= 0.6 is 23.2 Å². The maximum absolute atomic E-state index is 12.5. The first-order valence-electron chi connectivity index (χ1n) is 6.52. The van der Waals surface area contributed by atoms with E-state index < -0.39 is 16.9 Å². The molecule has 3 aromatic rings. The molecule has 0 bridgehead atoms. The van der Waals surface area contributed by atoms with Crippen LogP contribution in [0.4, 0.5) is 0 Å².